The first-order valence-electron chi connectivity index (χ1n) is 9.62. The number of benzene rings is 2. The van der Waals surface area contributed by atoms with Gasteiger partial charge < -0.3 is 30.6 Å². The minimum atomic E-state index is -2.39. The van der Waals surface area contributed by atoms with Crippen LogP contribution < -0.4 is 0 Å². The van der Waals surface area contributed by atoms with Gasteiger partial charge in [0.05, 0.1) is 0 Å². The molecule has 4 atom stereocenters. The molecule has 2 aromatic rings. The van der Waals surface area contributed by atoms with E-state index in [9.17, 15) is 30.6 Å². The van der Waals surface area contributed by atoms with Crippen molar-refractivity contribution in [2.45, 2.75) is 51.1 Å². The van der Waals surface area contributed by atoms with Gasteiger partial charge in [0.2, 0.25) is 0 Å². The second-order valence-electron chi connectivity index (χ2n) is 8.05. The largest absolute Gasteiger partial charge is 0.509 e. The summed E-state index contributed by atoms with van der Waals surface area (Å²) in [5.74, 6) is -1.19. The van der Waals surface area contributed by atoms with Crippen LogP contribution >= 0.6 is 0 Å². The summed E-state index contributed by atoms with van der Waals surface area (Å²) in [4.78, 5) is 0. The standard InChI is InChI=1S/C24H30O6/c1-15-10-11-18(16(2)12-15)14-20(26)23(3,29)22(28)24(4,30)21(27)19(25)13-17-8-6-5-7-9-17/h5-14,21-22,25-30H,1-4H3/t21-,22-,23+,24-/m1/s1. The zero-order valence-electron chi connectivity index (χ0n) is 17.6. The second-order valence-corrected chi connectivity index (χ2v) is 8.05. The van der Waals surface area contributed by atoms with Crippen LogP contribution in [0.4, 0.5) is 0 Å². The Morgan fingerprint density at radius 2 is 1.50 bits per heavy atom. The molecule has 0 aromatic heterocycles. The quantitative estimate of drug-likeness (QED) is 0.387. The van der Waals surface area contributed by atoms with Gasteiger partial charge >= 0.3 is 0 Å². The zero-order valence-corrected chi connectivity index (χ0v) is 17.6. The molecular weight excluding hydrogens is 384 g/mol. The van der Waals surface area contributed by atoms with E-state index < -0.39 is 34.9 Å². The van der Waals surface area contributed by atoms with Crippen molar-refractivity contribution in [3.8, 4) is 0 Å². The Bertz CT molecular complexity index is 928. The summed E-state index contributed by atoms with van der Waals surface area (Å²) in [5, 5.41) is 63.3. The molecule has 0 bridgehead atoms. The molecule has 2 aromatic carbocycles. The normalized spacial score (nSPS) is 18.9. The van der Waals surface area contributed by atoms with Gasteiger partial charge in [-0.05, 0) is 56.5 Å². The molecule has 30 heavy (non-hydrogen) atoms. The molecule has 0 aliphatic carbocycles. The van der Waals surface area contributed by atoms with Crippen molar-refractivity contribution < 1.29 is 30.6 Å². The lowest BCUT2D eigenvalue weighted by atomic mass is 9.80. The first-order chi connectivity index (χ1) is 13.9. The van der Waals surface area contributed by atoms with Gasteiger partial charge in [0.1, 0.15) is 34.9 Å². The molecule has 6 N–H and O–H groups in total. The van der Waals surface area contributed by atoms with Crippen molar-refractivity contribution in [2.24, 2.45) is 0 Å². The monoisotopic (exact) mass is 414 g/mol. The minimum absolute atomic E-state index is 0.573. The number of aliphatic hydroxyl groups excluding tert-OH is 4. The molecule has 0 amide bonds. The van der Waals surface area contributed by atoms with E-state index in [4.69, 9.17) is 0 Å². The Balaban J connectivity index is 2.31. The van der Waals surface area contributed by atoms with E-state index in [2.05, 4.69) is 0 Å². The van der Waals surface area contributed by atoms with Crippen LogP contribution in [0.1, 0.15) is 36.1 Å². The third-order valence-electron chi connectivity index (χ3n) is 5.27. The highest BCUT2D eigenvalue weighted by Crippen LogP contribution is 2.32. The fraction of sp³-hybridized carbons (Fsp3) is 0.333. The van der Waals surface area contributed by atoms with Crippen molar-refractivity contribution in [3.63, 3.8) is 0 Å². The lowest BCUT2D eigenvalue weighted by Gasteiger charge is -2.40. The van der Waals surface area contributed by atoms with Gasteiger partial charge in [0.15, 0.2) is 0 Å². The maximum absolute atomic E-state index is 10.8. The lowest BCUT2D eigenvalue weighted by Crippen LogP contribution is -2.60. The summed E-state index contributed by atoms with van der Waals surface area (Å²) >= 11 is 0. The molecule has 0 saturated carbocycles. The summed E-state index contributed by atoms with van der Waals surface area (Å²) in [6.07, 6.45) is -1.42. The van der Waals surface area contributed by atoms with Gasteiger partial charge in [-0.25, -0.2) is 0 Å². The Morgan fingerprint density at radius 1 is 0.900 bits per heavy atom. The Labute approximate surface area is 176 Å². The highest BCUT2D eigenvalue weighted by molar-refractivity contribution is 5.57. The molecule has 0 unspecified atom stereocenters. The topological polar surface area (TPSA) is 121 Å². The van der Waals surface area contributed by atoms with E-state index in [1.54, 1.807) is 36.4 Å². The molecular formula is C24H30O6. The number of hydrogen-bond acceptors (Lipinski definition) is 6. The predicted molar refractivity (Wildman–Crippen MR) is 117 cm³/mol. The van der Waals surface area contributed by atoms with Crippen LogP contribution in [0.3, 0.4) is 0 Å². The van der Waals surface area contributed by atoms with Gasteiger partial charge in [-0.1, -0.05) is 54.1 Å². The van der Waals surface area contributed by atoms with Crippen molar-refractivity contribution in [1.29, 1.82) is 0 Å². The van der Waals surface area contributed by atoms with Gasteiger partial charge in [0, 0.05) is 0 Å². The molecule has 0 heterocycles. The Kier molecular flexibility index (Phi) is 7.10. The molecule has 6 nitrogen and oxygen atoms in total. The number of aryl methyl sites for hydroxylation is 2. The van der Waals surface area contributed by atoms with Crippen molar-refractivity contribution in [1.82, 2.24) is 0 Å². The highest BCUT2D eigenvalue weighted by atomic mass is 16.4. The first-order valence-corrected chi connectivity index (χ1v) is 9.62. The van der Waals surface area contributed by atoms with Crippen LogP contribution in [0, 0.1) is 13.8 Å². The lowest BCUT2D eigenvalue weighted by molar-refractivity contribution is -0.189. The number of hydrogen-bond donors (Lipinski definition) is 6. The summed E-state index contributed by atoms with van der Waals surface area (Å²) in [5.41, 5.74) is -1.62. The fourth-order valence-electron chi connectivity index (χ4n) is 3.24. The number of aliphatic hydroxyl groups is 6. The van der Waals surface area contributed by atoms with E-state index in [-0.39, 0.29) is 0 Å². The van der Waals surface area contributed by atoms with E-state index >= 15 is 0 Å². The van der Waals surface area contributed by atoms with Crippen LogP contribution in [0.5, 0.6) is 0 Å². The first kappa shape index (κ1) is 23.6. The van der Waals surface area contributed by atoms with Crippen LogP contribution in [0.15, 0.2) is 60.0 Å². The maximum Gasteiger partial charge on any atom is 0.147 e. The molecule has 0 aliphatic heterocycles. The highest BCUT2D eigenvalue weighted by Gasteiger charge is 2.50. The Hall–Kier alpha value is -2.64. The van der Waals surface area contributed by atoms with Crippen LogP contribution in [-0.2, 0) is 0 Å². The molecule has 2 rings (SSSR count). The van der Waals surface area contributed by atoms with Crippen molar-refractivity contribution in [3.05, 3.63) is 82.3 Å². The Morgan fingerprint density at radius 3 is 2.07 bits per heavy atom. The van der Waals surface area contributed by atoms with Gasteiger partial charge in [0.25, 0.3) is 0 Å². The van der Waals surface area contributed by atoms with Gasteiger partial charge in [-0.2, -0.15) is 0 Å². The summed E-state index contributed by atoms with van der Waals surface area (Å²) in [7, 11) is 0. The third-order valence-corrected chi connectivity index (χ3v) is 5.27. The van der Waals surface area contributed by atoms with Crippen LogP contribution in [0.25, 0.3) is 12.2 Å². The summed E-state index contributed by atoms with van der Waals surface area (Å²) in [6.45, 7) is 5.94. The predicted octanol–water partition coefficient (Wildman–Crippen LogP) is 3.03. The third kappa shape index (κ3) is 5.09. The molecule has 0 spiro atoms. The van der Waals surface area contributed by atoms with E-state index in [0.29, 0.717) is 11.1 Å². The number of rotatable bonds is 7. The molecule has 0 fully saturated rings. The SMILES string of the molecule is Cc1ccc(C=C(O)[C@](C)(O)[C@@H](O)[C@](C)(O)[C@H](O)C(O)=Cc2ccccc2)c(C)c1. The van der Waals surface area contributed by atoms with Crippen molar-refractivity contribution >= 4 is 12.2 Å². The van der Waals surface area contributed by atoms with Gasteiger partial charge in [-0.3, -0.25) is 0 Å². The molecule has 0 radical (unpaired) electrons. The van der Waals surface area contributed by atoms with Crippen molar-refractivity contribution in [2.75, 3.05) is 0 Å². The smallest absolute Gasteiger partial charge is 0.147 e. The summed E-state index contributed by atoms with van der Waals surface area (Å²) < 4.78 is 0. The maximum atomic E-state index is 10.8. The molecule has 0 saturated heterocycles. The minimum Gasteiger partial charge on any atom is -0.509 e. The fourth-order valence-corrected chi connectivity index (χ4v) is 3.24. The van der Waals surface area contributed by atoms with E-state index in [1.807, 2.05) is 26.0 Å². The molecule has 0 aliphatic rings. The zero-order chi connectivity index (χ0) is 22.7. The van der Waals surface area contributed by atoms with E-state index in [0.717, 1.165) is 25.0 Å². The molecule has 162 valence electrons. The molecule has 6 heteroatoms. The van der Waals surface area contributed by atoms with Gasteiger partial charge in [-0.15, -0.1) is 0 Å². The van der Waals surface area contributed by atoms with Crippen LogP contribution in [0.2, 0.25) is 0 Å². The summed E-state index contributed by atoms with van der Waals surface area (Å²) in [6, 6.07) is 14.1. The average molecular weight is 414 g/mol. The average Bonchev–Trinajstić information content (AvgIpc) is 2.69. The second kappa shape index (κ2) is 9.02. The van der Waals surface area contributed by atoms with Crippen LogP contribution in [-0.4, -0.2) is 54.0 Å². The van der Waals surface area contributed by atoms with E-state index in [1.165, 1.54) is 12.2 Å².